The molecule has 132 valence electrons. The average Bonchev–Trinajstić information content (AvgIpc) is 2.69. The lowest BCUT2D eigenvalue weighted by atomic mass is 10.2. The van der Waals surface area contributed by atoms with E-state index in [1.165, 1.54) is 11.4 Å². The third-order valence-electron chi connectivity index (χ3n) is 3.82. The van der Waals surface area contributed by atoms with Gasteiger partial charge < -0.3 is 4.74 Å². The van der Waals surface area contributed by atoms with Crippen molar-refractivity contribution in [2.24, 2.45) is 0 Å². The largest absolute Gasteiger partial charge is 0.423 e. The summed E-state index contributed by atoms with van der Waals surface area (Å²) >= 11 is 0. The van der Waals surface area contributed by atoms with Gasteiger partial charge in [-0.15, -0.1) is 0 Å². The number of nitrogens with zero attached hydrogens (tertiary/aromatic N) is 1. The third kappa shape index (κ3) is 3.75. The Morgan fingerprint density at radius 2 is 1.35 bits per heavy atom. The number of hydrogen-bond acceptors (Lipinski definition) is 4. The standard InChI is InChI=1S/C20H17NO4S/c1-21(26(23,24)19-10-6-3-7-11-19)17-12-14-18(15-13-17)25-20(22)16-8-4-2-5-9-16/h2-15H,1H3. The number of hydrogen-bond donors (Lipinski definition) is 0. The van der Waals surface area contributed by atoms with Gasteiger partial charge in [-0.3, -0.25) is 4.31 Å². The van der Waals surface area contributed by atoms with Gasteiger partial charge in [-0.1, -0.05) is 36.4 Å². The van der Waals surface area contributed by atoms with E-state index in [1.807, 2.05) is 6.07 Å². The van der Waals surface area contributed by atoms with E-state index in [0.717, 1.165) is 0 Å². The van der Waals surface area contributed by atoms with Crippen LogP contribution in [0.1, 0.15) is 10.4 Å². The Morgan fingerprint density at radius 3 is 1.92 bits per heavy atom. The summed E-state index contributed by atoms with van der Waals surface area (Å²) in [5.74, 6) is -0.128. The molecule has 3 aromatic carbocycles. The number of benzene rings is 3. The van der Waals surface area contributed by atoms with Crippen LogP contribution in [-0.4, -0.2) is 21.4 Å². The lowest BCUT2D eigenvalue weighted by Crippen LogP contribution is -2.26. The molecule has 0 bridgehead atoms. The minimum Gasteiger partial charge on any atom is -0.423 e. The summed E-state index contributed by atoms with van der Waals surface area (Å²) in [6, 6.07) is 23.1. The summed E-state index contributed by atoms with van der Waals surface area (Å²) in [7, 11) is -2.17. The molecule has 0 aliphatic carbocycles. The molecule has 0 saturated carbocycles. The van der Waals surface area contributed by atoms with Crippen molar-refractivity contribution in [2.75, 3.05) is 11.4 Å². The highest BCUT2D eigenvalue weighted by Crippen LogP contribution is 2.24. The number of carbonyl (C=O) groups excluding carboxylic acids is 1. The van der Waals surface area contributed by atoms with Gasteiger partial charge in [-0.2, -0.15) is 0 Å². The van der Waals surface area contributed by atoms with Crippen LogP contribution in [0.5, 0.6) is 5.75 Å². The first-order valence-corrected chi connectivity index (χ1v) is 9.34. The predicted octanol–water partition coefficient (Wildman–Crippen LogP) is 3.73. The lowest BCUT2D eigenvalue weighted by Gasteiger charge is -2.19. The van der Waals surface area contributed by atoms with Gasteiger partial charge in [0.25, 0.3) is 10.0 Å². The zero-order valence-electron chi connectivity index (χ0n) is 14.1. The van der Waals surface area contributed by atoms with Crippen molar-refractivity contribution < 1.29 is 17.9 Å². The first-order chi connectivity index (χ1) is 12.5. The normalized spacial score (nSPS) is 11.0. The van der Waals surface area contributed by atoms with Crippen LogP contribution in [0.15, 0.2) is 89.8 Å². The maximum atomic E-state index is 12.6. The highest BCUT2D eigenvalue weighted by Gasteiger charge is 2.21. The fourth-order valence-corrected chi connectivity index (χ4v) is 3.57. The van der Waals surface area contributed by atoms with Crippen LogP contribution in [0.3, 0.4) is 0 Å². The zero-order valence-corrected chi connectivity index (χ0v) is 14.9. The Bertz CT molecular complexity index is 985. The van der Waals surface area contributed by atoms with Crippen LogP contribution < -0.4 is 9.04 Å². The van der Waals surface area contributed by atoms with Crippen molar-refractivity contribution in [2.45, 2.75) is 4.90 Å². The van der Waals surface area contributed by atoms with Crippen LogP contribution in [-0.2, 0) is 10.0 Å². The Labute approximate surface area is 152 Å². The van der Waals surface area contributed by atoms with Crippen molar-refractivity contribution in [3.05, 3.63) is 90.5 Å². The van der Waals surface area contributed by atoms with Gasteiger partial charge in [0.05, 0.1) is 16.1 Å². The van der Waals surface area contributed by atoms with Crippen LogP contribution >= 0.6 is 0 Å². The first kappa shape index (κ1) is 17.7. The predicted molar refractivity (Wildman–Crippen MR) is 99.9 cm³/mol. The maximum Gasteiger partial charge on any atom is 0.343 e. The van der Waals surface area contributed by atoms with E-state index in [2.05, 4.69) is 0 Å². The number of sulfonamides is 1. The summed E-state index contributed by atoms with van der Waals surface area (Å²) in [6.45, 7) is 0. The highest BCUT2D eigenvalue weighted by atomic mass is 32.2. The maximum absolute atomic E-state index is 12.6. The monoisotopic (exact) mass is 367 g/mol. The van der Waals surface area contributed by atoms with E-state index >= 15 is 0 Å². The van der Waals surface area contributed by atoms with Crippen LogP contribution in [0, 0.1) is 0 Å². The van der Waals surface area contributed by atoms with Crippen LogP contribution in [0.2, 0.25) is 0 Å². The highest BCUT2D eigenvalue weighted by molar-refractivity contribution is 7.92. The van der Waals surface area contributed by atoms with Crippen molar-refractivity contribution in [1.29, 1.82) is 0 Å². The molecule has 0 unspecified atom stereocenters. The minimum atomic E-state index is -3.65. The zero-order chi connectivity index (χ0) is 18.6. The van der Waals surface area contributed by atoms with Crippen molar-refractivity contribution in [1.82, 2.24) is 0 Å². The summed E-state index contributed by atoms with van der Waals surface area (Å²) in [5.41, 5.74) is 0.911. The Hall–Kier alpha value is -3.12. The lowest BCUT2D eigenvalue weighted by molar-refractivity contribution is 0.0735. The van der Waals surface area contributed by atoms with E-state index in [0.29, 0.717) is 17.0 Å². The van der Waals surface area contributed by atoms with Gasteiger partial charge >= 0.3 is 5.97 Å². The molecule has 0 fully saturated rings. The molecule has 0 N–H and O–H groups in total. The molecule has 0 heterocycles. The summed E-state index contributed by atoms with van der Waals surface area (Å²) in [4.78, 5) is 12.3. The number of esters is 1. The van der Waals surface area contributed by atoms with E-state index in [9.17, 15) is 13.2 Å². The number of anilines is 1. The van der Waals surface area contributed by atoms with Gasteiger partial charge in [-0.25, -0.2) is 13.2 Å². The Kier molecular flexibility index (Phi) is 5.04. The van der Waals surface area contributed by atoms with E-state index < -0.39 is 16.0 Å². The molecule has 0 atom stereocenters. The second kappa shape index (κ2) is 7.41. The summed E-state index contributed by atoms with van der Waals surface area (Å²) in [5, 5.41) is 0. The summed E-state index contributed by atoms with van der Waals surface area (Å²) < 4.78 is 31.7. The van der Waals surface area contributed by atoms with Gasteiger partial charge in [0, 0.05) is 7.05 Å². The van der Waals surface area contributed by atoms with Crippen molar-refractivity contribution in [3.8, 4) is 5.75 Å². The molecule has 3 aromatic rings. The SMILES string of the molecule is CN(c1ccc(OC(=O)c2ccccc2)cc1)S(=O)(=O)c1ccccc1. The van der Waals surface area contributed by atoms with E-state index in [-0.39, 0.29) is 4.90 Å². The molecule has 0 saturated heterocycles. The van der Waals surface area contributed by atoms with Crippen LogP contribution in [0.25, 0.3) is 0 Å². The average molecular weight is 367 g/mol. The molecular weight excluding hydrogens is 350 g/mol. The fourth-order valence-electron chi connectivity index (χ4n) is 2.35. The van der Waals surface area contributed by atoms with E-state index in [1.54, 1.807) is 78.9 Å². The number of rotatable bonds is 5. The van der Waals surface area contributed by atoms with Crippen molar-refractivity contribution >= 4 is 21.7 Å². The van der Waals surface area contributed by atoms with Gasteiger partial charge in [0.1, 0.15) is 5.75 Å². The Balaban J connectivity index is 1.76. The van der Waals surface area contributed by atoms with E-state index in [4.69, 9.17) is 4.74 Å². The van der Waals surface area contributed by atoms with Crippen molar-refractivity contribution in [3.63, 3.8) is 0 Å². The molecule has 0 spiro atoms. The third-order valence-corrected chi connectivity index (χ3v) is 5.62. The second-order valence-corrected chi connectivity index (χ2v) is 7.50. The molecule has 26 heavy (non-hydrogen) atoms. The van der Waals surface area contributed by atoms with Crippen LogP contribution in [0.4, 0.5) is 5.69 Å². The molecule has 0 aromatic heterocycles. The fraction of sp³-hybridized carbons (Fsp3) is 0.0500. The summed E-state index contributed by atoms with van der Waals surface area (Å²) in [6.07, 6.45) is 0. The molecule has 0 radical (unpaired) electrons. The molecule has 5 nitrogen and oxygen atoms in total. The van der Waals surface area contributed by atoms with Gasteiger partial charge in [0.2, 0.25) is 0 Å². The second-order valence-electron chi connectivity index (χ2n) is 5.54. The minimum absolute atomic E-state index is 0.210. The first-order valence-electron chi connectivity index (χ1n) is 7.90. The molecule has 0 aliphatic heterocycles. The number of carbonyl (C=O) groups is 1. The molecule has 3 rings (SSSR count). The molecular formula is C20H17NO4S. The molecule has 6 heteroatoms. The Morgan fingerprint density at radius 1 is 0.808 bits per heavy atom. The number of ether oxygens (including phenoxy) is 1. The quantitative estimate of drug-likeness (QED) is 0.509. The smallest absolute Gasteiger partial charge is 0.343 e. The molecule has 0 amide bonds. The topological polar surface area (TPSA) is 63.7 Å². The van der Waals surface area contributed by atoms with Gasteiger partial charge in [-0.05, 0) is 48.5 Å². The molecule has 0 aliphatic rings. The van der Waals surface area contributed by atoms with Gasteiger partial charge in [0.15, 0.2) is 0 Å².